The summed E-state index contributed by atoms with van der Waals surface area (Å²) in [5.41, 5.74) is 1.94. The lowest BCUT2D eigenvalue weighted by molar-refractivity contribution is -0.139. The van der Waals surface area contributed by atoms with E-state index in [0.717, 1.165) is 18.5 Å². The number of fused-ring (bicyclic) bond motifs is 1. The zero-order valence-electron chi connectivity index (χ0n) is 12.2. The number of aryl methyl sites for hydroxylation is 1. The standard InChI is InChI=1S/C15H19N3O3/c1-3-4-5-12(15(20)21)17-14(19)11-6-7-18-9-10(2)16-13(18)8-11/h6-9,12H,3-5H2,1-2H3,(H,17,19)(H,20,21). The molecule has 112 valence electrons. The number of pyridine rings is 1. The van der Waals surface area contributed by atoms with Gasteiger partial charge in [0, 0.05) is 18.0 Å². The molecule has 2 heterocycles. The molecule has 0 aliphatic carbocycles. The monoisotopic (exact) mass is 289 g/mol. The number of carbonyl (C=O) groups is 2. The summed E-state index contributed by atoms with van der Waals surface area (Å²) in [5, 5.41) is 11.7. The predicted octanol–water partition coefficient (Wildman–Crippen LogP) is 2.02. The number of imidazole rings is 1. The van der Waals surface area contributed by atoms with Gasteiger partial charge in [-0.3, -0.25) is 4.79 Å². The summed E-state index contributed by atoms with van der Waals surface area (Å²) in [6.07, 6.45) is 5.68. The van der Waals surface area contributed by atoms with Crippen molar-refractivity contribution < 1.29 is 14.7 Å². The number of hydrogen-bond donors (Lipinski definition) is 2. The summed E-state index contributed by atoms with van der Waals surface area (Å²) in [5.74, 6) is -1.39. The Labute approximate surface area is 122 Å². The molecule has 1 atom stereocenters. The molecule has 6 heteroatoms. The average molecular weight is 289 g/mol. The number of unbranched alkanes of at least 4 members (excludes halogenated alkanes) is 1. The van der Waals surface area contributed by atoms with Crippen molar-refractivity contribution in [3.63, 3.8) is 0 Å². The first kappa shape index (κ1) is 15.0. The van der Waals surface area contributed by atoms with Gasteiger partial charge in [-0.25, -0.2) is 9.78 Å². The van der Waals surface area contributed by atoms with Gasteiger partial charge in [0.2, 0.25) is 0 Å². The van der Waals surface area contributed by atoms with Crippen molar-refractivity contribution in [3.05, 3.63) is 35.8 Å². The van der Waals surface area contributed by atoms with E-state index in [4.69, 9.17) is 5.11 Å². The Morgan fingerprint density at radius 2 is 2.24 bits per heavy atom. The van der Waals surface area contributed by atoms with E-state index < -0.39 is 12.0 Å². The van der Waals surface area contributed by atoms with Gasteiger partial charge < -0.3 is 14.8 Å². The maximum Gasteiger partial charge on any atom is 0.326 e. The summed E-state index contributed by atoms with van der Waals surface area (Å²) in [6, 6.07) is 2.46. The van der Waals surface area contributed by atoms with Crippen molar-refractivity contribution >= 4 is 17.5 Å². The van der Waals surface area contributed by atoms with E-state index in [1.807, 2.05) is 24.4 Å². The van der Waals surface area contributed by atoms with Crippen LogP contribution in [0.25, 0.3) is 5.65 Å². The van der Waals surface area contributed by atoms with Crippen LogP contribution in [-0.2, 0) is 4.79 Å². The van der Waals surface area contributed by atoms with Crippen LogP contribution < -0.4 is 5.32 Å². The number of carboxylic acids is 1. The molecule has 2 aromatic heterocycles. The number of nitrogens with zero attached hydrogens (tertiary/aromatic N) is 2. The third kappa shape index (κ3) is 3.59. The van der Waals surface area contributed by atoms with Crippen molar-refractivity contribution in [3.8, 4) is 0 Å². The Morgan fingerprint density at radius 1 is 1.48 bits per heavy atom. The summed E-state index contributed by atoms with van der Waals surface area (Å²) in [4.78, 5) is 27.6. The number of aromatic nitrogens is 2. The molecular formula is C15H19N3O3. The van der Waals surface area contributed by atoms with Crippen LogP contribution in [0.5, 0.6) is 0 Å². The third-order valence-corrected chi connectivity index (χ3v) is 3.29. The van der Waals surface area contributed by atoms with Crippen LogP contribution in [-0.4, -0.2) is 32.4 Å². The predicted molar refractivity (Wildman–Crippen MR) is 78.3 cm³/mol. The number of hydrogen-bond acceptors (Lipinski definition) is 3. The van der Waals surface area contributed by atoms with Crippen molar-refractivity contribution in [2.45, 2.75) is 39.2 Å². The van der Waals surface area contributed by atoms with E-state index >= 15 is 0 Å². The highest BCUT2D eigenvalue weighted by Gasteiger charge is 2.20. The Bertz CT molecular complexity index is 663. The summed E-state index contributed by atoms with van der Waals surface area (Å²) in [7, 11) is 0. The highest BCUT2D eigenvalue weighted by atomic mass is 16.4. The van der Waals surface area contributed by atoms with Gasteiger partial charge in [0.15, 0.2) is 0 Å². The first-order valence-corrected chi connectivity index (χ1v) is 7.00. The molecule has 0 fully saturated rings. The largest absolute Gasteiger partial charge is 0.480 e. The lowest BCUT2D eigenvalue weighted by atomic mass is 10.1. The molecule has 1 unspecified atom stereocenters. The van der Waals surface area contributed by atoms with Gasteiger partial charge in [-0.05, 0) is 25.5 Å². The number of aliphatic carboxylic acids is 1. The Balaban J connectivity index is 2.14. The fourth-order valence-corrected chi connectivity index (χ4v) is 2.16. The van der Waals surface area contributed by atoms with E-state index in [1.54, 1.807) is 18.3 Å². The van der Waals surface area contributed by atoms with E-state index in [1.165, 1.54) is 0 Å². The molecule has 0 aliphatic rings. The van der Waals surface area contributed by atoms with Gasteiger partial charge in [-0.2, -0.15) is 0 Å². The second kappa shape index (κ2) is 6.39. The lowest BCUT2D eigenvalue weighted by Crippen LogP contribution is -2.40. The van der Waals surface area contributed by atoms with Crippen LogP contribution in [0.2, 0.25) is 0 Å². The number of rotatable bonds is 6. The molecule has 0 saturated heterocycles. The first-order valence-electron chi connectivity index (χ1n) is 7.00. The van der Waals surface area contributed by atoms with Gasteiger partial charge in [0.25, 0.3) is 5.91 Å². The van der Waals surface area contributed by atoms with Crippen molar-refractivity contribution in [1.82, 2.24) is 14.7 Å². The first-order chi connectivity index (χ1) is 10.0. The Kier molecular flexibility index (Phi) is 4.57. The smallest absolute Gasteiger partial charge is 0.326 e. The van der Waals surface area contributed by atoms with Gasteiger partial charge in [0.05, 0.1) is 5.69 Å². The Hall–Kier alpha value is -2.37. The maximum absolute atomic E-state index is 12.2. The SMILES string of the molecule is CCCCC(NC(=O)c1ccn2cc(C)nc2c1)C(=O)O. The van der Waals surface area contributed by atoms with Crippen LogP contribution >= 0.6 is 0 Å². The summed E-state index contributed by atoms with van der Waals surface area (Å²) >= 11 is 0. The van der Waals surface area contributed by atoms with E-state index in [-0.39, 0.29) is 5.91 Å². The molecule has 1 amide bonds. The van der Waals surface area contributed by atoms with Gasteiger partial charge >= 0.3 is 5.97 Å². The van der Waals surface area contributed by atoms with Gasteiger partial charge in [0.1, 0.15) is 11.7 Å². The molecule has 0 aromatic carbocycles. The van der Waals surface area contributed by atoms with Crippen molar-refractivity contribution in [2.75, 3.05) is 0 Å². The molecule has 0 bridgehead atoms. The fraction of sp³-hybridized carbons (Fsp3) is 0.400. The zero-order valence-corrected chi connectivity index (χ0v) is 12.2. The van der Waals surface area contributed by atoms with Crippen LogP contribution in [0.3, 0.4) is 0 Å². The molecule has 2 rings (SSSR count). The van der Waals surface area contributed by atoms with Gasteiger partial charge in [-0.1, -0.05) is 19.8 Å². The summed E-state index contributed by atoms with van der Waals surface area (Å²) < 4.78 is 1.82. The van der Waals surface area contributed by atoms with Crippen LogP contribution in [0, 0.1) is 6.92 Å². The number of carboxylic acid groups (broad SMARTS) is 1. The van der Waals surface area contributed by atoms with E-state index in [0.29, 0.717) is 17.6 Å². The average Bonchev–Trinajstić information content (AvgIpc) is 2.81. The van der Waals surface area contributed by atoms with Crippen molar-refractivity contribution in [1.29, 1.82) is 0 Å². The van der Waals surface area contributed by atoms with Crippen LogP contribution in [0.4, 0.5) is 0 Å². The van der Waals surface area contributed by atoms with Crippen molar-refractivity contribution in [2.24, 2.45) is 0 Å². The quantitative estimate of drug-likeness (QED) is 0.852. The normalized spacial score (nSPS) is 12.3. The van der Waals surface area contributed by atoms with Gasteiger partial charge in [-0.15, -0.1) is 0 Å². The molecule has 6 nitrogen and oxygen atoms in total. The topological polar surface area (TPSA) is 83.7 Å². The minimum Gasteiger partial charge on any atom is -0.480 e. The molecule has 0 saturated carbocycles. The Morgan fingerprint density at radius 3 is 2.90 bits per heavy atom. The molecule has 0 spiro atoms. The highest BCUT2D eigenvalue weighted by Crippen LogP contribution is 2.09. The molecule has 0 radical (unpaired) electrons. The lowest BCUT2D eigenvalue weighted by Gasteiger charge is -2.14. The molecule has 2 N–H and O–H groups in total. The molecule has 2 aromatic rings. The maximum atomic E-state index is 12.2. The fourth-order valence-electron chi connectivity index (χ4n) is 2.16. The van der Waals surface area contributed by atoms with E-state index in [9.17, 15) is 9.59 Å². The van der Waals surface area contributed by atoms with Crippen LogP contribution in [0.15, 0.2) is 24.5 Å². The number of carbonyl (C=O) groups excluding carboxylic acids is 1. The minimum atomic E-state index is -1.01. The minimum absolute atomic E-state index is 0.387. The number of nitrogens with one attached hydrogen (secondary N) is 1. The third-order valence-electron chi connectivity index (χ3n) is 3.29. The zero-order chi connectivity index (χ0) is 15.4. The second-order valence-corrected chi connectivity index (χ2v) is 5.07. The molecule has 0 aliphatic heterocycles. The second-order valence-electron chi connectivity index (χ2n) is 5.07. The highest BCUT2D eigenvalue weighted by molar-refractivity contribution is 5.97. The molecule has 21 heavy (non-hydrogen) atoms. The van der Waals surface area contributed by atoms with Crippen LogP contribution in [0.1, 0.15) is 42.2 Å². The summed E-state index contributed by atoms with van der Waals surface area (Å²) in [6.45, 7) is 3.85. The number of amides is 1. The molecular weight excluding hydrogens is 270 g/mol. The van der Waals surface area contributed by atoms with E-state index in [2.05, 4.69) is 10.3 Å².